The average Bonchev–Trinajstić information content (AvgIpc) is 2.65. The first-order valence-corrected chi connectivity index (χ1v) is 5.56. The van der Waals surface area contributed by atoms with E-state index in [1.165, 1.54) is 0 Å². The molecule has 2 heterocycles. The van der Waals surface area contributed by atoms with Crippen molar-refractivity contribution in [2.75, 3.05) is 11.9 Å². The third-order valence-corrected chi connectivity index (χ3v) is 2.52. The predicted octanol–water partition coefficient (Wildman–Crippen LogP) is 2.17. The molecule has 0 saturated carbocycles. The van der Waals surface area contributed by atoms with Crippen molar-refractivity contribution >= 4 is 21.7 Å². The molecule has 84 valence electrons. The van der Waals surface area contributed by atoms with Gasteiger partial charge in [-0.2, -0.15) is 4.98 Å². The molecule has 0 spiro atoms. The Bertz CT molecular complexity index is 468. The second kappa shape index (κ2) is 4.61. The Morgan fingerprint density at radius 2 is 2.25 bits per heavy atom. The molecule has 6 heteroatoms. The number of hydrogen-bond donors (Lipinski definition) is 0. The maximum atomic E-state index is 4.90. The molecule has 0 fully saturated rings. The van der Waals surface area contributed by atoms with Crippen LogP contribution in [0.5, 0.6) is 0 Å². The van der Waals surface area contributed by atoms with Gasteiger partial charge in [0.25, 0.3) is 0 Å². The lowest BCUT2D eigenvalue weighted by Crippen LogP contribution is -2.18. The van der Waals surface area contributed by atoms with Gasteiger partial charge in [-0.05, 0) is 28.1 Å². The predicted molar refractivity (Wildman–Crippen MR) is 63.1 cm³/mol. The summed E-state index contributed by atoms with van der Waals surface area (Å²) in [7, 11) is 1.93. The Morgan fingerprint density at radius 3 is 2.81 bits per heavy atom. The first-order valence-electron chi connectivity index (χ1n) is 4.77. The van der Waals surface area contributed by atoms with Crippen LogP contribution in [0.4, 0.5) is 5.82 Å². The van der Waals surface area contributed by atoms with Gasteiger partial charge in [-0.1, -0.05) is 5.16 Å². The van der Waals surface area contributed by atoms with Crippen molar-refractivity contribution in [1.82, 2.24) is 15.1 Å². The van der Waals surface area contributed by atoms with Crippen LogP contribution in [0.3, 0.4) is 0 Å². The molecule has 0 aliphatic carbocycles. The Morgan fingerprint density at radius 1 is 1.44 bits per heavy atom. The van der Waals surface area contributed by atoms with E-state index in [0.717, 1.165) is 10.3 Å². The largest absolute Gasteiger partial charge is 0.352 e. The van der Waals surface area contributed by atoms with Crippen molar-refractivity contribution in [2.24, 2.45) is 0 Å². The van der Waals surface area contributed by atoms with Gasteiger partial charge >= 0.3 is 0 Å². The van der Waals surface area contributed by atoms with Crippen molar-refractivity contribution in [3.05, 3.63) is 34.5 Å². The zero-order valence-corrected chi connectivity index (χ0v) is 10.6. The van der Waals surface area contributed by atoms with Gasteiger partial charge in [0.05, 0.1) is 6.54 Å². The van der Waals surface area contributed by atoms with Crippen LogP contribution >= 0.6 is 15.9 Å². The number of halogens is 1. The van der Waals surface area contributed by atoms with Crippen LogP contribution < -0.4 is 4.90 Å². The van der Waals surface area contributed by atoms with E-state index >= 15 is 0 Å². The van der Waals surface area contributed by atoms with E-state index < -0.39 is 0 Å². The zero-order valence-electron chi connectivity index (χ0n) is 9.01. The molecule has 2 aromatic heterocycles. The molecule has 0 atom stereocenters. The number of aryl methyl sites for hydroxylation is 1. The SMILES string of the molecule is Cc1nc(CN(C)c2ccc(Br)cn2)no1. The highest BCUT2D eigenvalue weighted by atomic mass is 79.9. The molecular formula is C10H11BrN4O. The molecule has 0 aliphatic heterocycles. The summed E-state index contributed by atoms with van der Waals surface area (Å²) in [5.41, 5.74) is 0. The fourth-order valence-corrected chi connectivity index (χ4v) is 1.53. The van der Waals surface area contributed by atoms with Crippen LogP contribution in [-0.2, 0) is 6.54 Å². The molecule has 2 rings (SSSR count). The molecule has 5 nitrogen and oxygen atoms in total. The summed E-state index contributed by atoms with van der Waals surface area (Å²) in [6.07, 6.45) is 1.76. The average molecular weight is 283 g/mol. The minimum Gasteiger partial charge on any atom is -0.352 e. The number of rotatable bonds is 3. The first-order chi connectivity index (χ1) is 7.65. The van der Waals surface area contributed by atoms with E-state index in [1.807, 2.05) is 24.1 Å². The summed E-state index contributed by atoms with van der Waals surface area (Å²) in [6, 6.07) is 3.87. The lowest BCUT2D eigenvalue weighted by atomic mass is 10.4. The van der Waals surface area contributed by atoms with Crippen LogP contribution in [0, 0.1) is 6.92 Å². The van der Waals surface area contributed by atoms with Gasteiger partial charge in [-0.3, -0.25) is 0 Å². The molecule has 0 N–H and O–H groups in total. The molecule has 0 radical (unpaired) electrons. The first kappa shape index (κ1) is 11.1. The van der Waals surface area contributed by atoms with Gasteiger partial charge in [0.1, 0.15) is 5.82 Å². The van der Waals surface area contributed by atoms with E-state index in [2.05, 4.69) is 31.1 Å². The zero-order chi connectivity index (χ0) is 11.5. The minimum absolute atomic E-state index is 0.575. The summed E-state index contributed by atoms with van der Waals surface area (Å²) >= 11 is 3.34. The van der Waals surface area contributed by atoms with E-state index in [9.17, 15) is 0 Å². The molecular weight excluding hydrogens is 272 g/mol. The van der Waals surface area contributed by atoms with Crippen molar-refractivity contribution in [1.29, 1.82) is 0 Å². The van der Waals surface area contributed by atoms with Gasteiger partial charge in [-0.15, -0.1) is 0 Å². The topological polar surface area (TPSA) is 55.1 Å². The smallest absolute Gasteiger partial charge is 0.223 e. The lowest BCUT2D eigenvalue weighted by molar-refractivity contribution is 0.387. The summed E-state index contributed by atoms with van der Waals surface area (Å²) in [5.74, 6) is 2.10. The van der Waals surface area contributed by atoms with E-state index in [0.29, 0.717) is 18.3 Å². The molecule has 0 saturated heterocycles. The van der Waals surface area contributed by atoms with Gasteiger partial charge in [0.15, 0.2) is 5.82 Å². The normalized spacial score (nSPS) is 10.4. The van der Waals surface area contributed by atoms with Crippen LogP contribution in [0.25, 0.3) is 0 Å². The monoisotopic (exact) mass is 282 g/mol. The molecule has 0 unspecified atom stereocenters. The second-order valence-corrected chi connectivity index (χ2v) is 4.34. The van der Waals surface area contributed by atoms with Crippen LogP contribution in [0.1, 0.15) is 11.7 Å². The van der Waals surface area contributed by atoms with Crippen molar-refractivity contribution < 1.29 is 4.52 Å². The van der Waals surface area contributed by atoms with Crippen LogP contribution in [-0.4, -0.2) is 22.2 Å². The minimum atomic E-state index is 0.575. The highest BCUT2D eigenvalue weighted by molar-refractivity contribution is 9.10. The molecule has 2 aromatic rings. The summed E-state index contributed by atoms with van der Waals surface area (Å²) in [5, 5.41) is 3.83. The maximum absolute atomic E-state index is 4.90. The van der Waals surface area contributed by atoms with E-state index in [4.69, 9.17) is 4.52 Å². The fourth-order valence-electron chi connectivity index (χ4n) is 1.29. The summed E-state index contributed by atoms with van der Waals surface area (Å²) in [4.78, 5) is 10.4. The molecule has 16 heavy (non-hydrogen) atoms. The number of pyridine rings is 1. The number of aromatic nitrogens is 3. The van der Waals surface area contributed by atoms with Crippen LogP contribution in [0.15, 0.2) is 27.3 Å². The number of nitrogens with zero attached hydrogens (tertiary/aromatic N) is 4. The van der Waals surface area contributed by atoms with Crippen LogP contribution in [0.2, 0.25) is 0 Å². The lowest BCUT2D eigenvalue weighted by Gasteiger charge is -2.15. The van der Waals surface area contributed by atoms with Crippen molar-refractivity contribution in [3.8, 4) is 0 Å². The Hall–Kier alpha value is -1.43. The number of anilines is 1. The number of hydrogen-bond acceptors (Lipinski definition) is 5. The Balaban J connectivity index is 2.08. The maximum Gasteiger partial charge on any atom is 0.223 e. The van der Waals surface area contributed by atoms with E-state index in [-0.39, 0.29) is 0 Å². The van der Waals surface area contributed by atoms with Crippen molar-refractivity contribution in [3.63, 3.8) is 0 Å². The Labute approximate surface area is 102 Å². The van der Waals surface area contributed by atoms with Gasteiger partial charge in [0.2, 0.25) is 5.89 Å². The molecule has 0 amide bonds. The Kier molecular flexibility index (Phi) is 3.19. The van der Waals surface area contributed by atoms with Gasteiger partial charge in [0, 0.05) is 24.6 Å². The third-order valence-electron chi connectivity index (χ3n) is 2.05. The highest BCUT2D eigenvalue weighted by Gasteiger charge is 2.07. The van der Waals surface area contributed by atoms with Gasteiger partial charge in [-0.25, -0.2) is 4.98 Å². The fraction of sp³-hybridized carbons (Fsp3) is 0.300. The summed E-state index contributed by atoms with van der Waals surface area (Å²) in [6.45, 7) is 2.35. The highest BCUT2D eigenvalue weighted by Crippen LogP contribution is 2.14. The molecule has 0 aliphatic rings. The third kappa shape index (κ3) is 2.57. The van der Waals surface area contributed by atoms with E-state index in [1.54, 1.807) is 13.1 Å². The van der Waals surface area contributed by atoms with Crippen molar-refractivity contribution in [2.45, 2.75) is 13.5 Å². The van der Waals surface area contributed by atoms with Gasteiger partial charge < -0.3 is 9.42 Å². The molecule has 0 aromatic carbocycles. The second-order valence-electron chi connectivity index (χ2n) is 3.42. The summed E-state index contributed by atoms with van der Waals surface area (Å²) < 4.78 is 5.86. The standard InChI is InChI=1S/C10H11BrN4O/c1-7-13-9(14-16-7)6-15(2)10-4-3-8(11)5-12-10/h3-5H,6H2,1-2H3. The quantitative estimate of drug-likeness (QED) is 0.864. The molecule has 0 bridgehead atoms.